The summed E-state index contributed by atoms with van der Waals surface area (Å²) in [5.41, 5.74) is 2.01. The van der Waals surface area contributed by atoms with Crippen LogP contribution >= 0.6 is 0 Å². The van der Waals surface area contributed by atoms with E-state index < -0.39 is 0 Å². The van der Waals surface area contributed by atoms with Crippen molar-refractivity contribution in [3.63, 3.8) is 0 Å². The summed E-state index contributed by atoms with van der Waals surface area (Å²) in [4.78, 5) is 7.82. The maximum atomic E-state index is 5.30. The number of H-pyrrole nitrogens is 1. The molecule has 1 aromatic heterocycles. The third kappa shape index (κ3) is 2.97. The summed E-state index contributed by atoms with van der Waals surface area (Å²) in [6, 6.07) is 5.86. The maximum absolute atomic E-state index is 5.30. The van der Waals surface area contributed by atoms with Crippen LogP contribution in [0.3, 0.4) is 0 Å². The first kappa shape index (κ1) is 11.9. The molecule has 0 spiro atoms. The van der Waals surface area contributed by atoms with Gasteiger partial charge < -0.3 is 14.5 Å². The van der Waals surface area contributed by atoms with E-state index in [0.717, 1.165) is 48.7 Å². The average molecular weight is 234 g/mol. The average Bonchev–Trinajstić information content (AvgIpc) is 2.76. The van der Waals surface area contributed by atoms with Crippen molar-refractivity contribution >= 4 is 11.0 Å². The number of aromatic amines is 1. The van der Waals surface area contributed by atoms with E-state index in [1.807, 2.05) is 25.1 Å². The Morgan fingerprint density at radius 3 is 3.00 bits per heavy atom. The second-order valence-electron chi connectivity index (χ2n) is 3.87. The Morgan fingerprint density at radius 1 is 1.35 bits per heavy atom. The van der Waals surface area contributed by atoms with Crippen LogP contribution in [0.1, 0.15) is 19.2 Å². The van der Waals surface area contributed by atoms with Crippen molar-refractivity contribution in [1.82, 2.24) is 9.97 Å². The molecule has 0 radical (unpaired) electrons. The van der Waals surface area contributed by atoms with Crippen LogP contribution in [0, 0.1) is 0 Å². The molecule has 0 atom stereocenters. The second-order valence-corrected chi connectivity index (χ2v) is 3.87. The van der Waals surface area contributed by atoms with Gasteiger partial charge in [0.1, 0.15) is 11.6 Å². The van der Waals surface area contributed by atoms with Crippen LogP contribution in [0.15, 0.2) is 18.2 Å². The number of benzene rings is 1. The quantitative estimate of drug-likeness (QED) is 0.781. The Kier molecular flexibility index (Phi) is 3.98. The van der Waals surface area contributed by atoms with Crippen LogP contribution < -0.4 is 4.74 Å². The highest BCUT2D eigenvalue weighted by Gasteiger charge is 2.03. The van der Waals surface area contributed by atoms with Gasteiger partial charge in [0.2, 0.25) is 0 Å². The minimum atomic E-state index is 0.775. The predicted molar refractivity (Wildman–Crippen MR) is 67.5 cm³/mol. The summed E-state index contributed by atoms with van der Waals surface area (Å²) in [7, 11) is 1.67. The molecule has 0 saturated carbocycles. The van der Waals surface area contributed by atoms with Crippen LogP contribution in [0.2, 0.25) is 0 Å². The van der Waals surface area contributed by atoms with Gasteiger partial charge in [-0.1, -0.05) is 0 Å². The van der Waals surface area contributed by atoms with E-state index in [9.17, 15) is 0 Å². The molecule has 1 heterocycles. The van der Waals surface area contributed by atoms with Gasteiger partial charge in [-0.15, -0.1) is 0 Å². The SMILES string of the molecule is CCOCCCc1nc2ccc(OC)cc2[nH]1. The Bertz CT molecular complexity index is 479. The molecule has 17 heavy (non-hydrogen) atoms. The number of nitrogens with zero attached hydrogens (tertiary/aromatic N) is 1. The standard InChI is InChI=1S/C13H18N2O2/c1-3-17-8-4-5-13-14-11-7-6-10(16-2)9-12(11)15-13/h6-7,9H,3-5,8H2,1-2H3,(H,14,15). The molecule has 0 aliphatic carbocycles. The lowest BCUT2D eigenvalue weighted by Crippen LogP contribution is -1.96. The van der Waals surface area contributed by atoms with Crippen molar-refractivity contribution in [2.45, 2.75) is 19.8 Å². The minimum absolute atomic E-state index is 0.775. The van der Waals surface area contributed by atoms with Gasteiger partial charge in [0.15, 0.2) is 0 Å². The van der Waals surface area contributed by atoms with Gasteiger partial charge in [0.05, 0.1) is 18.1 Å². The fourth-order valence-electron chi connectivity index (χ4n) is 1.77. The number of hydrogen-bond donors (Lipinski definition) is 1. The summed E-state index contributed by atoms with van der Waals surface area (Å²) >= 11 is 0. The minimum Gasteiger partial charge on any atom is -0.497 e. The Morgan fingerprint density at radius 2 is 2.24 bits per heavy atom. The highest BCUT2D eigenvalue weighted by molar-refractivity contribution is 5.76. The number of fused-ring (bicyclic) bond motifs is 1. The molecular formula is C13H18N2O2. The highest BCUT2D eigenvalue weighted by atomic mass is 16.5. The van der Waals surface area contributed by atoms with Gasteiger partial charge in [0, 0.05) is 25.7 Å². The molecule has 1 aromatic carbocycles. The summed E-state index contributed by atoms with van der Waals surface area (Å²) in [6.07, 6.45) is 1.90. The largest absolute Gasteiger partial charge is 0.497 e. The van der Waals surface area contributed by atoms with Gasteiger partial charge in [-0.2, -0.15) is 0 Å². The summed E-state index contributed by atoms with van der Waals surface area (Å²) in [5, 5.41) is 0. The van der Waals surface area contributed by atoms with Gasteiger partial charge in [-0.05, 0) is 25.5 Å². The van der Waals surface area contributed by atoms with Crippen molar-refractivity contribution in [2.24, 2.45) is 0 Å². The van der Waals surface area contributed by atoms with Gasteiger partial charge in [-0.25, -0.2) is 4.98 Å². The lowest BCUT2D eigenvalue weighted by Gasteiger charge is -1.98. The molecule has 0 saturated heterocycles. The molecule has 4 nitrogen and oxygen atoms in total. The first-order valence-corrected chi connectivity index (χ1v) is 5.94. The first-order chi connectivity index (χ1) is 8.33. The lowest BCUT2D eigenvalue weighted by atomic mass is 10.3. The van der Waals surface area contributed by atoms with Gasteiger partial charge in [-0.3, -0.25) is 0 Å². The van der Waals surface area contributed by atoms with Gasteiger partial charge >= 0.3 is 0 Å². The lowest BCUT2D eigenvalue weighted by molar-refractivity contribution is 0.145. The molecule has 2 rings (SSSR count). The molecule has 0 bridgehead atoms. The van der Waals surface area contributed by atoms with Crippen LogP contribution in [0.4, 0.5) is 0 Å². The van der Waals surface area contributed by atoms with E-state index in [2.05, 4.69) is 9.97 Å². The normalized spacial score (nSPS) is 10.9. The number of hydrogen-bond acceptors (Lipinski definition) is 3. The molecule has 0 unspecified atom stereocenters. The Hall–Kier alpha value is -1.55. The molecule has 2 aromatic rings. The zero-order valence-corrected chi connectivity index (χ0v) is 10.3. The Balaban J connectivity index is 2.04. The fraction of sp³-hybridized carbons (Fsp3) is 0.462. The molecule has 0 aliphatic rings. The monoisotopic (exact) mass is 234 g/mol. The molecule has 1 N–H and O–H groups in total. The van der Waals surface area contributed by atoms with Crippen LogP contribution in [-0.2, 0) is 11.2 Å². The smallest absolute Gasteiger partial charge is 0.121 e. The number of aromatic nitrogens is 2. The molecular weight excluding hydrogens is 216 g/mol. The van der Waals surface area contributed by atoms with Crippen molar-refractivity contribution in [2.75, 3.05) is 20.3 Å². The van der Waals surface area contributed by atoms with Crippen molar-refractivity contribution in [3.05, 3.63) is 24.0 Å². The number of methoxy groups -OCH3 is 1. The van der Waals surface area contributed by atoms with E-state index in [4.69, 9.17) is 9.47 Å². The third-order valence-electron chi connectivity index (χ3n) is 2.64. The molecule has 92 valence electrons. The van der Waals surface area contributed by atoms with E-state index in [1.54, 1.807) is 7.11 Å². The number of ether oxygens (including phenoxy) is 2. The van der Waals surface area contributed by atoms with Crippen LogP contribution in [0.5, 0.6) is 5.75 Å². The van der Waals surface area contributed by atoms with Gasteiger partial charge in [0.25, 0.3) is 0 Å². The molecule has 0 aliphatic heterocycles. The van der Waals surface area contributed by atoms with Crippen LogP contribution in [0.25, 0.3) is 11.0 Å². The van der Waals surface area contributed by atoms with Crippen LogP contribution in [-0.4, -0.2) is 30.3 Å². The Labute approximate surface area is 101 Å². The molecule has 0 amide bonds. The topological polar surface area (TPSA) is 47.1 Å². The van der Waals surface area contributed by atoms with Crippen molar-refractivity contribution in [1.29, 1.82) is 0 Å². The van der Waals surface area contributed by atoms with E-state index in [-0.39, 0.29) is 0 Å². The number of aryl methyl sites for hydroxylation is 1. The van der Waals surface area contributed by atoms with E-state index >= 15 is 0 Å². The molecule has 0 fully saturated rings. The third-order valence-corrected chi connectivity index (χ3v) is 2.64. The zero-order chi connectivity index (χ0) is 12.1. The zero-order valence-electron chi connectivity index (χ0n) is 10.3. The fourth-order valence-corrected chi connectivity index (χ4v) is 1.77. The predicted octanol–water partition coefficient (Wildman–Crippen LogP) is 2.54. The second kappa shape index (κ2) is 5.68. The van der Waals surface area contributed by atoms with E-state index in [1.165, 1.54) is 0 Å². The number of imidazole rings is 1. The summed E-state index contributed by atoms with van der Waals surface area (Å²) in [5.74, 6) is 1.86. The van der Waals surface area contributed by atoms with Crippen molar-refractivity contribution < 1.29 is 9.47 Å². The highest BCUT2D eigenvalue weighted by Crippen LogP contribution is 2.18. The molecule has 4 heteroatoms. The number of nitrogens with one attached hydrogen (secondary N) is 1. The van der Waals surface area contributed by atoms with Crippen molar-refractivity contribution in [3.8, 4) is 5.75 Å². The summed E-state index contributed by atoms with van der Waals surface area (Å²) in [6.45, 7) is 3.57. The summed E-state index contributed by atoms with van der Waals surface area (Å²) < 4.78 is 10.5. The first-order valence-electron chi connectivity index (χ1n) is 5.94. The van der Waals surface area contributed by atoms with E-state index in [0.29, 0.717) is 0 Å². The number of rotatable bonds is 6. The maximum Gasteiger partial charge on any atom is 0.121 e.